The molecule has 0 nitrogen and oxygen atoms in total. The van der Waals surface area contributed by atoms with Crippen molar-refractivity contribution >= 4 is 0 Å². The summed E-state index contributed by atoms with van der Waals surface area (Å²) in [5.41, 5.74) is 0. The van der Waals surface area contributed by atoms with E-state index in [4.69, 9.17) is 0 Å². The highest BCUT2D eigenvalue weighted by Gasteiger charge is 2.51. The topological polar surface area (TPSA) is 0 Å². The molecular weight excluding hydrogens is 264 g/mol. The van der Waals surface area contributed by atoms with E-state index in [1.165, 1.54) is 19.3 Å². The van der Waals surface area contributed by atoms with Gasteiger partial charge in [-0.15, -0.1) is 0 Å². The van der Waals surface area contributed by atoms with Gasteiger partial charge in [-0.25, -0.2) is 0 Å². The minimum absolute atomic E-state index is 0.948. The van der Waals surface area contributed by atoms with E-state index in [2.05, 4.69) is 34.6 Å². The van der Waals surface area contributed by atoms with E-state index in [-0.39, 0.29) is 0 Å². The van der Waals surface area contributed by atoms with E-state index in [1.807, 2.05) is 0 Å². The smallest absolute Gasteiger partial charge is 0.0329 e. The molecule has 7 unspecified atom stereocenters. The summed E-state index contributed by atoms with van der Waals surface area (Å²) in [6.45, 7) is 12.5. The minimum Gasteiger partial charge on any atom is -0.0654 e. The Balaban J connectivity index is 1.44. The van der Waals surface area contributed by atoms with Crippen molar-refractivity contribution in [1.82, 2.24) is 0 Å². The van der Waals surface area contributed by atoms with E-state index < -0.39 is 0 Å². The van der Waals surface area contributed by atoms with E-state index in [0.717, 1.165) is 53.3 Å². The first-order valence-electron chi connectivity index (χ1n) is 10.5. The molecule has 0 aromatic heterocycles. The lowest BCUT2D eigenvalue weighted by Crippen LogP contribution is -2.42. The molecule has 3 fully saturated rings. The molecule has 22 heavy (non-hydrogen) atoms. The van der Waals surface area contributed by atoms with Crippen LogP contribution in [0.1, 0.15) is 86.0 Å². The Bertz CT molecular complexity index is 353. The average Bonchev–Trinajstić information content (AvgIpc) is 2.79. The predicted molar refractivity (Wildman–Crippen MR) is 96.7 cm³/mol. The molecule has 3 aliphatic carbocycles. The first-order valence-corrected chi connectivity index (χ1v) is 10.5. The summed E-state index contributed by atoms with van der Waals surface area (Å²) in [5, 5.41) is 0. The molecule has 0 aromatic rings. The van der Waals surface area contributed by atoms with Crippen molar-refractivity contribution in [2.75, 3.05) is 0 Å². The van der Waals surface area contributed by atoms with Crippen molar-refractivity contribution < 1.29 is 0 Å². The van der Waals surface area contributed by atoms with Gasteiger partial charge in [-0.1, -0.05) is 53.9 Å². The molecule has 0 N–H and O–H groups in total. The minimum atomic E-state index is 0.948. The zero-order valence-corrected chi connectivity index (χ0v) is 15.9. The van der Waals surface area contributed by atoms with Crippen molar-refractivity contribution in [1.29, 1.82) is 0 Å². The maximum Gasteiger partial charge on any atom is -0.0329 e. The summed E-state index contributed by atoms with van der Waals surface area (Å²) in [6, 6.07) is 0. The van der Waals surface area contributed by atoms with Gasteiger partial charge in [0.1, 0.15) is 0 Å². The van der Waals surface area contributed by atoms with Crippen molar-refractivity contribution in [3.05, 3.63) is 0 Å². The lowest BCUT2D eigenvalue weighted by Gasteiger charge is -2.49. The maximum atomic E-state index is 2.62. The summed E-state index contributed by atoms with van der Waals surface area (Å²) < 4.78 is 0. The molecule has 0 radical (unpaired) electrons. The number of hydrogen-bond acceptors (Lipinski definition) is 0. The Morgan fingerprint density at radius 1 is 0.955 bits per heavy atom. The normalized spacial score (nSPS) is 44.6. The number of rotatable bonds is 7. The molecule has 0 bridgehead atoms. The first-order chi connectivity index (χ1) is 10.5. The zero-order chi connectivity index (χ0) is 15.9. The van der Waals surface area contributed by atoms with Gasteiger partial charge in [0.25, 0.3) is 0 Å². The predicted octanol–water partition coefficient (Wildman–Crippen LogP) is 6.79. The fourth-order valence-electron chi connectivity index (χ4n) is 6.53. The average molecular weight is 305 g/mol. The standard InChI is InChI=1S/C22H40/c1-6-7-8-14(2)16(4)19-12-20(13-19)17(5)21-10-9-18-11-15(3)22(18)21/h14-22H,6-13H2,1-5H3. The highest BCUT2D eigenvalue weighted by Crippen LogP contribution is 2.59. The number of fused-ring (bicyclic) bond motifs is 1. The van der Waals surface area contributed by atoms with Crippen LogP contribution in [0.15, 0.2) is 0 Å². The second-order valence-electron chi connectivity index (χ2n) is 9.62. The molecule has 7 atom stereocenters. The zero-order valence-electron chi connectivity index (χ0n) is 15.9. The number of unbranched alkanes of at least 4 members (excludes halogenated alkanes) is 1. The highest BCUT2D eigenvalue weighted by molar-refractivity contribution is 5.00. The molecular formula is C22H40. The second-order valence-corrected chi connectivity index (χ2v) is 9.62. The lowest BCUT2D eigenvalue weighted by atomic mass is 9.56. The first kappa shape index (κ1) is 16.8. The molecule has 0 heteroatoms. The van der Waals surface area contributed by atoms with E-state index >= 15 is 0 Å². The molecule has 3 aliphatic rings. The fraction of sp³-hybridized carbons (Fsp3) is 1.00. The van der Waals surface area contributed by atoms with Crippen molar-refractivity contribution in [3.8, 4) is 0 Å². The Morgan fingerprint density at radius 3 is 2.32 bits per heavy atom. The third kappa shape index (κ3) is 3.01. The van der Waals surface area contributed by atoms with Gasteiger partial charge in [0.15, 0.2) is 0 Å². The molecule has 0 saturated heterocycles. The van der Waals surface area contributed by atoms with Crippen LogP contribution in [0.3, 0.4) is 0 Å². The quantitative estimate of drug-likeness (QED) is 0.485. The van der Waals surface area contributed by atoms with Gasteiger partial charge in [-0.3, -0.25) is 0 Å². The van der Waals surface area contributed by atoms with Crippen LogP contribution in [0.4, 0.5) is 0 Å². The van der Waals surface area contributed by atoms with Crippen molar-refractivity contribution in [2.24, 2.45) is 53.3 Å². The molecule has 3 saturated carbocycles. The third-order valence-electron chi connectivity index (χ3n) is 8.53. The molecule has 0 aromatic carbocycles. The Labute approximate surface area is 139 Å². The van der Waals surface area contributed by atoms with Crippen LogP contribution >= 0.6 is 0 Å². The van der Waals surface area contributed by atoms with E-state index in [1.54, 1.807) is 32.1 Å². The summed E-state index contributed by atoms with van der Waals surface area (Å²) in [5.74, 6) is 9.44. The van der Waals surface area contributed by atoms with Crippen molar-refractivity contribution in [2.45, 2.75) is 86.0 Å². The molecule has 128 valence electrons. The summed E-state index contributed by atoms with van der Waals surface area (Å²) >= 11 is 0. The fourth-order valence-corrected chi connectivity index (χ4v) is 6.53. The molecule has 0 heterocycles. The van der Waals surface area contributed by atoms with Crippen LogP contribution in [-0.2, 0) is 0 Å². The second kappa shape index (κ2) is 6.86. The summed E-state index contributed by atoms with van der Waals surface area (Å²) in [4.78, 5) is 0. The number of hydrogen-bond donors (Lipinski definition) is 0. The highest BCUT2D eigenvalue weighted by atomic mass is 14.6. The molecule has 0 spiro atoms. The monoisotopic (exact) mass is 304 g/mol. The maximum absolute atomic E-state index is 2.62. The van der Waals surface area contributed by atoms with Crippen LogP contribution in [0.2, 0.25) is 0 Å². The lowest BCUT2D eigenvalue weighted by molar-refractivity contribution is -0.00167. The Kier molecular flexibility index (Phi) is 5.25. The molecule has 3 rings (SSSR count). The van der Waals surface area contributed by atoms with Gasteiger partial charge in [0.2, 0.25) is 0 Å². The SMILES string of the molecule is CCCCC(C)C(C)C1CC(C(C)C2CCC3CC(C)C32)C1. The Hall–Kier alpha value is 0. The van der Waals surface area contributed by atoms with Crippen LogP contribution in [0.25, 0.3) is 0 Å². The van der Waals surface area contributed by atoms with E-state index in [0.29, 0.717) is 0 Å². The van der Waals surface area contributed by atoms with Gasteiger partial charge < -0.3 is 0 Å². The van der Waals surface area contributed by atoms with Gasteiger partial charge in [-0.05, 0) is 85.4 Å². The molecule has 0 amide bonds. The van der Waals surface area contributed by atoms with E-state index in [9.17, 15) is 0 Å². The van der Waals surface area contributed by atoms with Gasteiger partial charge in [0.05, 0.1) is 0 Å². The van der Waals surface area contributed by atoms with Gasteiger partial charge in [0, 0.05) is 0 Å². The Morgan fingerprint density at radius 2 is 1.68 bits per heavy atom. The van der Waals surface area contributed by atoms with Crippen LogP contribution in [-0.4, -0.2) is 0 Å². The van der Waals surface area contributed by atoms with Crippen LogP contribution in [0, 0.1) is 53.3 Å². The third-order valence-corrected chi connectivity index (χ3v) is 8.53. The van der Waals surface area contributed by atoms with Crippen LogP contribution < -0.4 is 0 Å². The molecule has 0 aliphatic heterocycles. The van der Waals surface area contributed by atoms with Gasteiger partial charge >= 0.3 is 0 Å². The largest absolute Gasteiger partial charge is 0.0654 e. The van der Waals surface area contributed by atoms with Gasteiger partial charge in [-0.2, -0.15) is 0 Å². The van der Waals surface area contributed by atoms with Crippen molar-refractivity contribution in [3.63, 3.8) is 0 Å². The summed E-state index contributed by atoms with van der Waals surface area (Å²) in [7, 11) is 0. The van der Waals surface area contributed by atoms with Crippen LogP contribution in [0.5, 0.6) is 0 Å². The summed E-state index contributed by atoms with van der Waals surface area (Å²) in [6.07, 6.45) is 12.0.